The van der Waals surface area contributed by atoms with Gasteiger partial charge in [0.25, 0.3) is 0 Å². The first-order chi connectivity index (χ1) is 10.7. The molecule has 1 aromatic rings. The van der Waals surface area contributed by atoms with Crippen molar-refractivity contribution in [2.24, 2.45) is 0 Å². The minimum atomic E-state index is 0.0281. The van der Waals surface area contributed by atoms with Crippen LogP contribution in [-0.4, -0.2) is 62.0 Å². The molecule has 5 heteroatoms. The molecular weight excluding hydrogens is 276 g/mol. The molecule has 1 aliphatic heterocycles. The summed E-state index contributed by atoms with van der Waals surface area (Å²) in [6.07, 6.45) is 0. The van der Waals surface area contributed by atoms with Crippen LogP contribution in [0.15, 0.2) is 24.3 Å². The minimum absolute atomic E-state index is 0.0281. The minimum Gasteiger partial charge on any atom is -0.351 e. The molecule has 0 bridgehead atoms. The Kier molecular flexibility index (Phi) is 6.83. The number of piperazine rings is 1. The van der Waals surface area contributed by atoms with Crippen LogP contribution in [0.5, 0.6) is 0 Å². The molecule has 122 valence electrons. The number of nitrogens with zero attached hydrogens (tertiary/aromatic N) is 2. The van der Waals surface area contributed by atoms with Crippen molar-refractivity contribution < 1.29 is 4.79 Å². The first-order valence-corrected chi connectivity index (χ1v) is 8.15. The number of amides is 1. The van der Waals surface area contributed by atoms with Gasteiger partial charge in [-0.2, -0.15) is 0 Å². The number of benzene rings is 1. The van der Waals surface area contributed by atoms with Gasteiger partial charge in [-0.15, -0.1) is 0 Å². The Morgan fingerprint density at radius 2 is 1.64 bits per heavy atom. The van der Waals surface area contributed by atoms with Crippen molar-refractivity contribution in [3.8, 4) is 0 Å². The third-order valence-corrected chi connectivity index (χ3v) is 4.17. The summed E-state index contributed by atoms with van der Waals surface area (Å²) < 4.78 is 0. The molecule has 5 nitrogen and oxygen atoms in total. The van der Waals surface area contributed by atoms with E-state index in [9.17, 15) is 4.79 Å². The van der Waals surface area contributed by atoms with Gasteiger partial charge < -0.3 is 15.5 Å². The average Bonchev–Trinajstić information content (AvgIpc) is 2.55. The van der Waals surface area contributed by atoms with Crippen molar-refractivity contribution in [2.45, 2.75) is 20.0 Å². The fourth-order valence-electron chi connectivity index (χ4n) is 2.71. The monoisotopic (exact) mass is 304 g/mol. The zero-order valence-electron chi connectivity index (χ0n) is 13.8. The molecule has 0 unspecified atom stereocenters. The summed E-state index contributed by atoms with van der Waals surface area (Å²) in [5.41, 5.74) is 2.49. The molecule has 1 aromatic carbocycles. The largest absolute Gasteiger partial charge is 0.351 e. The Hall–Kier alpha value is -1.43. The summed E-state index contributed by atoms with van der Waals surface area (Å²) in [7, 11) is 1.77. The molecule has 0 atom stereocenters. The zero-order valence-corrected chi connectivity index (χ0v) is 13.8. The van der Waals surface area contributed by atoms with Gasteiger partial charge in [-0.3, -0.25) is 9.69 Å². The maximum atomic E-state index is 11.4. The number of carbonyl (C=O) groups is 1. The molecule has 0 saturated carbocycles. The number of likely N-dealkylation sites (N-methyl/N-ethyl adjacent to an activating group) is 2. The molecule has 1 saturated heterocycles. The van der Waals surface area contributed by atoms with E-state index >= 15 is 0 Å². The molecule has 1 heterocycles. The second-order valence-corrected chi connectivity index (χ2v) is 5.83. The van der Waals surface area contributed by atoms with Crippen LogP contribution in [0.2, 0.25) is 0 Å². The van der Waals surface area contributed by atoms with Crippen LogP contribution in [0.4, 0.5) is 0 Å². The molecule has 0 aliphatic carbocycles. The van der Waals surface area contributed by atoms with Crippen LogP contribution in [0.1, 0.15) is 18.1 Å². The second kappa shape index (κ2) is 8.88. The lowest BCUT2D eigenvalue weighted by Crippen LogP contribution is -2.45. The first kappa shape index (κ1) is 16.9. The summed E-state index contributed by atoms with van der Waals surface area (Å²) in [5.74, 6) is 0.0281. The van der Waals surface area contributed by atoms with E-state index in [4.69, 9.17) is 0 Å². The normalized spacial score (nSPS) is 16.6. The Balaban J connectivity index is 1.76. The number of rotatable bonds is 7. The van der Waals surface area contributed by atoms with Crippen molar-refractivity contribution in [1.82, 2.24) is 20.4 Å². The Bertz CT molecular complexity index is 452. The summed E-state index contributed by atoms with van der Waals surface area (Å²) in [5, 5.41) is 5.74. The van der Waals surface area contributed by atoms with Crippen LogP contribution in [-0.2, 0) is 17.9 Å². The molecule has 0 aromatic heterocycles. The topological polar surface area (TPSA) is 47.6 Å². The maximum absolute atomic E-state index is 11.4. The highest BCUT2D eigenvalue weighted by atomic mass is 16.1. The molecule has 0 radical (unpaired) electrons. The van der Waals surface area contributed by atoms with Crippen LogP contribution >= 0.6 is 0 Å². The van der Waals surface area contributed by atoms with E-state index in [0.717, 1.165) is 31.7 Å². The first-order valence-electron chi connectivity index (χ1n) is 8.15. The molecule has 2 N–H and O–H groups in total. The van der Waals surface area contributed by atoms with Gasteiger partial charge in [-0.1, -0.05) is 31.2 Å². The van der Waals surface area contributed by atoms with Gasteiger partial charge in [0, 0.05) is 39.3 Å². The molecule has 1 fully saturated rings. The molecule has 22 heavy (non-hydrogen) atoms. The van der Waals surface area contributed by atoms with Crippen molar-refractivity contribution in [3.05, 3.63) is 35.4 Å². The molecule has 1 aliphatic rings. The van der Waals surface area contributed by atoms with Crippen molar-refractivity contribution >= 4 is 5.91 Å². The maximum Gasteiger partial charge on any atom is 0.234 e. The number of carbonyl (C=O) groups excluding carboxylic acids is 1. The zero-order chi connectivity index (χ0) is 15.8. The van der Waals surface area contributed by atoms with Crippen LogP contribution < -0.4 is 10.6 Å². The molecule has 0 spiro atoms. The van der Waals surface area contributed by atoms with Gasteiger partial charge in [0.05, 0.1) is 6.54 Å². The lowest BCUT2D eigenvalue weighted by molar-refractivity contribution is -0.120. The third kappa shape index (κ3) is 5.40. The number of hydrogen-bond donors (Lipinski definition) is 2. The van der Waals surface area contributed by atoms with E-state index in [-0.39, 0.29) is 5.91 Å². The van der Waals surface area contributed by atoms with E-state index in [1.54, 1.807) is 7.05 Å². The average molecular weight is 304 g/mol. The van der Waals surface area contributed by atoms with E-state index in [1.807, 2.05) is 0 Å². The SMILES string of the molecule is CCN1CCN(Cc2ccc(CNC(=O)CNC)cc2)CC1. The molecule has 1 amide bonds. The van der Waals surface area contributed by atoms with Gasteiger partial charge in [0.2, 0.25) is 5.91 Å². The fraction of sp³-hybridized carbons (Fsp3) is 0.588. The summed E-state index contributed by atoms with van der Waals surface area (Å²) in [6.45, 7) is 10.00. The van der Waals surface area contributed by atoms with Crippen molar-refractivity contribution in [2.75, 3.05) is 46.3 Å². The fourth-order valence-corrected chi connectivity index (χ4v) is 2.71. The quantitative estimate of drug-likeness (QED) is 0.777. The smallest absolute Gasteiger partial charge is 0.234 e. The predicted octanol–water partition coefficient (Wildman–Crippen LogP) is 0.660. The summed E-state index contributed by atoms with van der Waals surface area (Å²) >= 11 is 0. The van der Waals surface area contributed by atoms with Crippen LogP contribution in [0.25, 0.3) is 0 Å². The predicted molar refractivity (Wildman–Crippen MR) is 89.6 cm³/mol. The number of nitrogens with one attached hydrogen (secondary N) is 2. The van der Waals surface area contributed by atoms with E-state index < -0.39 is 0 Å². The van der Waals surface area contributed by atoms with Crippen molar-refractivity contribution in [1.29, 1.82) is 0 Å². The molecule has 2 rings (SSSR count). The summed E-state index contributed by atoms with van der Waals surface area (Å²) in [4.78, 5) is 16.4. The Morgan fingerprint density at radius 3 is 2.23 bits per heavy atom. The van der Waals surface area contributed by atoms with E-state index in [0.29, 0.717) is 13.1 Å². The highest BCUT2D eigenvalue weighted by Gasteiger charge is 2.15. The van der Waals surface area contributed by atoms with E-state index in [1.165, 1.54) is 18.7 Å². The lowest BCUT2D eigenvalue weighted by atomic mass is 10.1. The standard InChI is InChI=1S/C17H28N4O/c1-3-20-8-10-21(11-9-20)14-16-6-4-15(5-7-16)12-19-17(22)13-18-2/h4-7,18H,3,8-14H2,1-2H3,(H,19,22). The van der Waals surface area contributed by atoms with Gasteiger partial charge >= 0.3 is 0 Å². The number of hydrogen-bond acceptors (Lipinski definition) is 4. The van der Waals surface area contributed by atoms with Crippen LogP contribution in [0.3, 0.4) is 0 Å². The Labute approximate surface area is 133 Å². The third-order valence-electron chi connectivity index (χ3n) is 4.17. The summed E-state index contributed by atoms with van der Waals surface area (Å²) in [6, 6.07) is 8.56. The highest BCUT2D eigenvalue weighted by molar-refractivity contribution is 5.77. The van der Waals surface area contributed by atoms with Gasteiger partial charge in [0.1, 0.15) is 0 Å². The molecular formula is C17H28N4O. The second-order valence-electron chi connectivity index (χ2n) is 5.83. The van der Waals surface area contributed by atoms with Gasteiger partial charge in [0.15, 0.2) is 0 Å². The highest BCUT2D eigenvalue weighted by Crippen LogP contribution is 2.10. The van der Waals surface area contributed by atoms with Gasteiger partial charge in [-0.25, -0.2) is 0 Å². The van der Waals surface area contributed by atoms with Crippen molar-refractivity contribution in [3.63, 3.8) is 0 Å². The van der Waals surface area contributed by atoms with Crippen LogP contribution in [0, 0.1) is 0 Å². The van der Waals surface area contributed by atoms with E-state index in [2.05, 4.69) is 51.6 Å². The van der Waals surface area contributed by atoms with Gasteiger partial charge in [-0.05, 0) is 24.7 Å². The lowest BCUT2D eigenvalue weighted by Gasteiger charge is -2.34. The Morgan fingerprint density at radius 1 is 1.05 bits per heavy atom.